The Morgan fingerprint density at radius 2 is 1.14 bits per heavy atom. The zero-order chi connectivity index (χ0) is 20.5. The summed E-state index contributed by atoms with van der Waals surface area (Å²) in [6.45, 7) is 0.528. The van der Waals surface area contributed by atoms with Gasteiger partial charge in [0, 0.05) is 18.7 Å². The summed E-state index contributed by atoms with van der Waals surface area (Å²) in [7, 11) is 0. The highest BCUT2D eigenvalue weighted by molar-refractivity contribution is 6.21. The first kappa shape index (κ1) is 20.0. The lowest BCUT2D eigenvalue weighted by Crippen LogP contribution is -2.34. The second kappa shape index (κ2) is 9.99. The van der Waals surface area contributed by atoms with Crippen LogP contribution >= 0.6 is 0 Å². The van der Waals surface area contributed by atoms with Crippen LogP contribution < -0.4 is 10.6 Å². The summed E-state index contributed by atoms with van der Waals surface area (Å²) < 4.78 is 14.1. The molecule has 0 aliphatic heterocycles. The molecule has 0 bridgehead atoms. The van der Waals surface area contributed by atoms with Gasteiger partial charge in [0.25, 0.3) is 11.8 Å². The number of hydrogen-bond donors (Lipinski definition) is 2. The van der Waals surface area contributed by atoms with Crippen molar-refractivity contribution >= 4 is 17.9 Å². The lowest BCUT2D eigenvalue weighted by Gasteiger charge is -2.11. The molecule has 0 aliphatic carbocycles. The lowest BCUT2D eigenvalue weighted by atomic mass is 10.1. The van der Waals surface area contributed by atoms with E-state index in [9.17, 15) is 14.0 Å². The average molecular weight is 388 g/mol. The van der Waals surface area contributed by atoms with Gasteiger partial charge in [-0.1, -0.05) is 78.9 Å². The fourth-order valence-electron chi connectivity index (χ4n) is 2.73. The molecule has 4 nitrogen and oxygen atoms in total. The Hall–Kier alpha value is -3.73. The number of carbonyl (C=O) groups is 2. The molecular weight excluding hydrogens is 367 g/mol. The molecule has 3 rings (SSSR count). The molecule has 0 heterocycles. The van der Waals surface area contributed by atoms with Gasteiger partial charge in [-0.3, -0.25) is 9.59 Å². The third-order valence-electron chi connectivity index (χ3n) is 4.29. The van der Waals surface area contributed by atoms with Crippen molar-refractivity contribution in [3.63, 3.8) is 0 Å². The van der Waals surface area contributed by atoms with Gasteiger partial charge >= 0.3 is 0 Å². The van der Waals surface area contributed by atoms with Crippen LogP contribution in [-0.4, -0.2) is 11.8 Å². The van der Waals surface area contributed by atoms with Crippen molar-refractivity contribution in [1.29, 1.82) is 0 Å². The van der Waals surface area contributed by atoms with Gasteiger partial charge < -0.3 is 10.6 Å². The van der Waals surface area contributed by atoms with Crippen molar-refractivity contribution < 1.29 is 14.0 Å². The lowest BCUT2D eigenvalue weighted by molar-refractivity contribution is -0.123. The summed E-state index contributed by atoms with van der Waals surface area (Å²) >= 11 is 0. The Kier molecular flexibility index (Phi) is 6.90. The minimum Gasteiger partial charge on any atom is -0.348 e. The Morgan fingerprint density at radius 3 is 1.62 bits per heavy atom. The molecule has 5 heteroatoms. The van der Waals surface area contributed by atoms with E-state index in [2.05, 4.69) is 10.6 Å². The standard InChI is InChI=1S/C24H21FN2O2/c25-22-14-8-7-13-20(22)15-21(23(28)26-16-18-9-3-1-4-10-18)24(29)27-17-19-11-5-2-6-12-19/h1-15H,16-17H2,(H,26,28)(H,27,29). The molecular formula is C24H21FN2O2. The van der Waals surface area contributed by atoms with E-state index >= 15 is 0 Å². The maximum absolute atomic E-state index is 14.1. The molecule has 146 valence electrons. The third-order valence-corrected chi connectivity index (χ3v) is 4.29. The van der Waals surface area contributed by atoms with Gasteiger partial charge in [0.2, 0.25) is 0 Å². The van der Waals surface area contributed by atoms with Crippen molar-refractivity contribution in [2.24, 2.45) is 0 Å². The Balaban J connectivity index is 1.78. The molecule has 0 fully saturated rings. The average Bonchev–Trinajstić information content (AvgIpc) is 2.76. The van der Waals surface area contributed by atoms with Crippen molar-refractivity contribution in [1.82, 2.24) is 10.6 Å². The van der Waals surface area contributed by atoms with Crippen LogP contribution in [0.1, 0.15) is 16.7 Å². The van der Waals surface area contributed by atoms with Crippen LogP contribution in [0.5, 0.6) is 0 Å². The van der Waals surface area contributed by atoms with Gasteiger partial charge in [-0.05, 0) is 23.3 Å². The predicted octanol–water partition coefficient (Wildman–Crippen LogP) is 3.84. The highest BCUT2D eigenvalue weighted by Crippen LogP contribution is 2.13. The predicted molar refractivity (Wildman–Crippen MR) is 111 cm³/mol. The molecule has 0 aromatic heterocycles. The summed E-state index contributed by atoms with van der Waals surface area (Å²) in [6.07, 6.45) is 1.27. The van der Waals surface area contributed by atoms with Gasteiger partial charge in [0.15, 0.2) is 0 Å². The fourth-order valence-corrected chi connectivity index (χ4v) is 2.73. The SMILES string of the molecule is O=C(NCc1ccccc1)C(=Cc1ccccc1F)C(=O)NCc1ccccc1. The van der Waals surface area contributed by atoms with E-state index in [4.69, 9.17) is 0 Å². The number of rotatable bonds is 7. The molecule has 2 amide bonds. The molecule has 3 aromatic rings. The Bertz CT molecular complexity index is 944. The smallest absolute Gasteiger partial charge is 0.257 e. The highest BCUT2D eigenvalue weighted by Gasteiger charge is 2.19. The number of halogens is 1. The van der Waals surface area contributed by atoms with Crippen LogP contribution in [0, 0.1) is 5.82 Å². The third kappa shape index (κ3) is 5.87. The number of benzene rings is 3. The molecule has 0 atom stereocenters. The fraction of sp³-hybridized carbons (Fsp3) is 0.0833. The highest BCUT2D eigenvalue weighted by atomic mass is 19.1. The zero-order valence-corrected chi connectivity index (χ0v) is 15.8. The van der Waals surface area contributed by atoms with Crippen LogP contribution in [0.2, 0.25) is 0 Å². The van der Waals surface area contributed by atoms with Crippen molar-refractivity contribution in [3.05, 3.63) is 113 Å². The molecule has 2 N–H and O–H groups in total. The molecule has 3 aromatic carbocycles. The number of hydrogen-bond acceptors (Lipinski definition) is 2. The summed E-state index contributed by atoms with van der Waals surface area (Å²) in [6, 6.07) is 24.7. The summed E-state index contributed by atoms with van der Waals surface area (Å²) in [5, 5.41) is 5.45. The van der Waals surface area contributed by atoms with Gasteiger partial charge in [-0.25, -0.2) is 4.39 Å². The van der Waals surface area contributed by atoms with E-state index in [1.807, 2.05) is 60.7 Å². The number of amides is 2. The second-order valence-corrected chi connectivity index (χ2v) is 6.42. The van der Waals surface area contributed by atoms with Crippen LogP contribution in [0.3, 0.4) is 0 Å². The molecule has 0 unspecified atom stereocenters. The van der Waals surface area contributed by atoms with Crippen LogP contribution in [0.4, 0.5) is 4.39 Å². The normalized spacial score (nSPS) is 10.1. The van der Waals surface area contributed by atoms with E-state index in [0.29, 0.717) is 0 Å². The Labute approximate surface area is 169 Å². The number of nitrogens with one attached hydrogen (secondary N) is 2. The maximum atomic E-state index is 14.1. The van der Waals surface area contributed by atoms with Crippen molar-refractivity contribution in [2.75, 3.05) is 0 Å². The van der Waals surface area contributed by atoms with Crippen LogP contribution in [-0.2, 0) is 22.7 Å². The number of carbonyl (C=O) groups excluding carboxylic acids is 2. The molecule has 0 saturated carbocycles. The topological polar surface area (TPSA) is 58.2 Å². The second-order valence-electron chi connectivity index (χ2n) is 6.42. The summed E-state index contributed by atoms with van der Waals surface area (Å²) in [4.78, 5) is 25.4. The van der Waals surface area contributed by atoms with E-state index < -0.39 is 17.6 Å². The van der Waals surface area contributed by atoms with Gasteiger partial charge in [-0.2, -0.15) is 0 Å². The van der Waals surface area contributed by atoms with Gasteiger partial charge in [0.05, 0.1) is 0 Å². The molecule has 0 saturated heterocycles. The largest absolute Gasteiger partial charge is 0.348 e. The first-order chi connectivity index (χ1) is 14.1. The summed E-state index contributed by atoms with van der Waals surface area (Å²) in [5.74, 6) is -1.64. The van der Waals surface area contributed by atoms with E-state index in [1.54, 1.807) is 12.1 Å². The molecule has 29 heavy (non-hydrogen) atoms. The van der Waals surface area contributed by atoms with Crippen molar-refractivity contribution in [2.45, 2.75) is 13.1 Å². The zero-order valence-electron chi connectivity index (χ0n) is 15.8. The van der Waals surface area contributed by atoms with Gasteiger partial charge in [0.1, 0.15) is 11.4 Å². The summed E-state index contributed by atoms with van der Waals surface area (Å²) in [5.41, 5.74) is 1.82. The minimum absolute atomic E-state index is 0.151. The monoisotopic (exact) mass is 388 g/mol. The van der Waals surface area contributed by atoms with E-state index in [-0.39, 0.29) is 24.2 Å². The van der Waals surface area contributed by atoms with Gasteiger partial charge in [-0.15, -0.1) is 0 Å². The maximum Gasteiger partial charge on any atom is 0.257 e. The van der Waals surface area contributed by atoms with E-state index in [1.165, 1.54) is 18.2 Å². The quantitative estimate of drug-likeness (QED) is 0.367. The molecule has 0 spiro atoms. The molecule has 0 aliphatic rings. The van der Waals surface area contributed by atoms with Crippen molar-refractivity contribution in [3.8, 4) is 0 Å². The van der Waals surface area contributed by atoms with Crippen LogP contribution in [0.25, 0.3) is 6.08 Å². The Morgan fingerprint density at radius 1 is 0.690 bits per heavy atom. The first-order valence-electron chi connectivity index (χ1n) is 9.24. The first-order valence-corrected chi connectivity index (χ1v) is 9.24. The van der Waals surface area contributed by atoms with Crippen LogP contribution in [0.15, 0.2) is 90.5 Å². The van der Waals surface area contributed by atoms with E-state index in [0.717, 1.165) is 11.1 Å². The molecule has 0 radical (unpaired) electrons. The minimum atomic E-state index is -0.567.